The van der Waals surface area contributed by atoms with E-state index >= 15 is 0 Å². The smallest absolute Gasteiger partial charge is 0.133 e. The summed E-state index contributed by atoms with van der Waals surface area (Å²) in [5, 5.41) is 0. The Balaban J connectivity index is 2.22. The van der Waals surface area contributed by atoms with Gasteiger partial charge in [-0.15, -0.1) is 0 Å². The van der Waals surface area contributed by atoms with Crippen LogP contribution in [-0.2, 0) is 4.79 Å². The van der Waals surface area contributed by atoms with Crippen LogP contribution in [0.4, 0.5) is 0 Å². The third kappa shape index (κ3) is 1.84. The molecular formula is C12H15NO. The lowest BCUT2D eigenvalue weighted by Crippen LogP contribution is -2.14. The van der Waals surface area contributed by atoms with E-state index in [4.69, 9.17) is 0 Å². The zero-order valence-corrected chi connectivity index (χ0v) is 8.49. The molecule has 0 aliphatic heterocycles. The van der Waals surface area contributed by atoms with E-state index in [0.29, 0.717) is 18.1 Å². The quantitative estimate of drug-likeness (QED) is 0.679. The fraction of sp³-hybridized carbons (Fsp3) is 0.500. The molecule has 0 amide bonds. The Morgan fingerprint density at radius 1 is 1.50 bits per heavy atom. The lowest BCUT2D eigenvalue weighted by atomic mass is 9.82. The van der Waals surface area contributed by atoms with Gasteiger partial charge in [0.2, 0.25) is 0 Å². The molecular weight excluding hydrogens is 174 g/mol. The zero-order chi connectivity index (χ0) is 9.97. The summed E-state index contributed by atoms with van der Waals surface area (Å²) >= 11 is 0. The molecule has 0 bridgehead atoms. The highest BCUT2D eigenvalue weighted by atomic mass is 16.1. The first-order valence-electron chi connectivity index (χ1n) is 5.19. The maximum atomic E-state index is 11.3. The molecule has 0 aromatic carbocycles. The molecule has 0 spiro atoms. The van der Waals surface area contributed by atoms with Crippen molar-refractivity contribution in [1.82, 2.24) is 4.98 Å². The van der Waals surface area contributed by atoms with Crippen molar-refractivity contribution in [2.45, 2.75) is 38.5 Å². The second kappa shape index (κ2) is 3.91. The predicted octanol–water partition coefficient (Wildman–Crippen LogP) is 2.62. The number of rotatable bonds is 1. The van der Waals surface area contributed by atoms with Crippen LogP contribution >= 0.6 is 0 Å². The normalized spacial score (nSPS) is 22.4. The molecule has 1 saturated carbocycles. The number of carbonyl (C=O) groups is 1. The molecule has 1 heterocycles. The van der Waals surface area contributed by atoms with Gasteiger partial charge in [0, 0.05) is 25.2 Å². The van der Waals surface area contributed by atoms with E-state index in [9.17, 15) is 4.79 Å². The molecule has 0 radical (unpaired) electrons. The van der Waals surface area contributed by atoms with Crippen molar-refractivity contribution in [3.63, 3.8) is 0 Å². The lowest BCUT2D eigenvalue weighted by Gasteiger charge is -2.22. The van der Waals surface area contributed by atoms with Crippen LogP contribution in [0.2, 0.25) is 0 Å². The Hall–Kier alpha value is -1.18. The number of carbonyl (C=O) groups excluding carboxylic acids is 1. The predicted molar refractivity (Wildman–Crippen MR) is 55.2 cm³/mol. The number of aromatic nitrogens is 1. The molecule has 2 rings (SSSR count). The third-order valence-electron chi connectivity index (χ3n) is 3.00. The lowest BCUT2D eigenvalue weighted by molar-refractivity contribution is -0.120. The maximum absolute atomic E-state index is 11.3. The summed E-state index contributed by atoms with van der Waals surface area (Å²) in [5.41, 5.74) is 2.53. The van der Waals surface area contributed by atoms with Gasteiger partial charge >= 0.3 is 0 Å². The fourth-order valence-electron chi connectivity index (χ4n) is 2.19. The summed E-state index contributed by atoms with van der Waals surface area (Å²) in [6.45, 7) is 2.09. The van der Waals surface area contributed by atoms with Gasteiger partial charge < -0.3 is 0 Å². The van der Waals surface area contributed by atoms with Crippen molar-refractivity contribution >= 4 is 5.78 Å². The van der Waals surface area contributed by atoms with E-state index in [-0.39, 0.29) is 0 Å². The van der Waals surface area contributed by atoms with E-state index in [1.165, 1.54) is 11.1 Å². The van der Waals surface area contributed by atoms with Crippen molar-refractivity contribution in [3.8, 4) is 0 Å². The maximum Gasteiger partial charge on any atom is 0.133 e. The van der Waals surface area contributed by atoms with E-state index in [0.717, 1.165) is 19.3 Å². The minimum absolute atomic E-state index is 0.407. The second-order valence-corrected chi connectivity index (χ2v) is 4.06. The molecule has 14 heavy (non-hydrogen) atoms. The van der Waals surface area contributed by atoms with Crippen molar-refractivity contribution in [1.29, 1.82) is 0 Å². The Kier molecular flexibility index (Phi) is 2.62. The minimum atomic E-state index is 0.407. The van der Waals surface area contributed by atoms with Gasteiger partial charge in [0.1, 0.15) is 5.78 Å². The molecule has 1 aliphatic rings. The van der Waals surface area contributed by atoms with Gasteiger partial charge in [-0.25, -0.2) is 0 Å². The largest absolute Gasteiger partial charge is 0.300 e. The van der Waals surface area contributed by atoms with Gasteiger partial charge in [0.15, 0.2) is 0 Å². The number of nitrogens with zero attached hydrogens (tertiary/aromatic N) is 1. The number of Topliss-reactive ketones (excluding diaryl/α,β-unsaturated/α-hetero) is 1. The highest BCUT2D eigenvalue weighted by Gasteiger charge is 2.21. The van der Waals surface area contributed by atoms with Gasteiger partial charge in [0.25, 0.3) is 0 Å². The van der Waals surface area contributed by atoms with E-state index < -0.39 is 0 Å². The first kappa shape index (κ1) is 9.38. The molecule has 1 aliphatic carbocycles. The number of aryl methyl sites for hydroxylation is 1. The van der Waals surface area contributed by atoms with Crippen LogP contribution in [0.25, 0.3) is 0 Å². The zero-order valence-electron chi connectivity index (χ0n) is 8.49. The Labute approximate surface area is 84.4 Å². The topological polar surface area (TPSA) is 30.0 Å². The molecule has 1 atom stereocenters. The monoisotopic (exact) mass is 189 g/mol. The van der Waals surface area contributed by atoms with Crippen LogP contribution in [0.3, 0.4) is 0 Å². The van der Waals surface area contributed by atoms with Crippen LogP contribution < -0.4 is 0 Å². The van der Waals surface area contributed by atoms with Gasteiger partial charge in [-0.1, -0.05) is 0 Å². The van der Waals surface area contributed by atoms with Crippen molar-refractivity contribution < 1.29 is 4.79 Å². The molecule has 1 fully saturated rings. The number of hydrogen-bond acceptors (Lipinski definition) is 2. The SMILES string of the molecule is Cc1ccncc1C1CCCC(=O)C1. The van der Waals surface area contributed by atoms with E-state index in [1.54, 1.807) is 0 Å². The number of ketones is 1. The molecule has 2 nitrogen and oxygen atoms in total. The average Bonchev–Trinajstić information content (AvgIpc) is 2.18. The van der Waals surface area contributed by atoms with Crippen LogP contribution in [-0.4, -0.2) is 10.8 Å². The molecule has 2 heteroatoms. The van der Waals surface area contributed by atoms with Crippen LogP contribution in [0.5, 0.6) is 0 Å². The van der Waals surface area contributed by atoms with Crippen molar-refractivity contribution in [2.75, 3.05) is 0 Å². The van der Waals surface area contributed by atoms with Gasteiger partial charge in [-0.05, 0) is 42.9 Å². The van der Waals surface area contributed by atoms with Gasteiger partial charge in [-0.3, -0.25) is 9.78 Å². The van der Waals surface area contributed by atoms with E-state index in [1.807, 2.05) is 18.5 Å². The molecule has 1 aromatic heterocycles. The van der Waals surface area contributed by atoms with Gasteiger partial charge in [-0.2, -0.15) is 0 Å². The Morgan fingerprint density at radius 2 is 2.36 bits per heavy atom. The highest BCUT2D eigenvalue weighted by Crippen LogP contribution is 2.31. The second-order valence-electron chi connectivity index (χ2n) is 4.06. The molecule has 74 valence electrons. The summed E-state index contributed by atoms with van der Waals surface area (Å²) in [7, 11) is 0. The van der Waals surface area contributed by atoms with Gasteiger partial charge in [0.05, 0.1) is 0 Å². The molecule has 0 N–H and O–H groups in total. The molecule has 0 saturated heterocycles. The first-order chi connectivity index (χ1) is 6.77. The number of hydrogen-bond donors (Lipinski definition) is 0. The summed E-state index contributed by atoms with van der Waals surface area (Å²) in [5.74, 6) is 0.828. The first-order valence-corrected chi connectivity index (χ1v) is 5.19. The summed E-state index contributed by atoms with van der Waals surface area (Å²) in [6, 6.07) is 2.02. The Bertz CT molecular complexity index is 346. The third-order valence-corrected chi connectivity index (χ3v) is 3.00. The summed E-state index contributed by atoms with van der Waals surface area (Å²) in [6.07, 6.45) is 7.39. The number of pyridine rings is 1. The van der Waals surface area contributed by atoms with Crippen molar-refractivity contribution in [2.24, 2.45) is 0 Å². The highest BCUT2D eigenvalue weighted by molar-refractivity contribution is 5.80. The fourth-order valence-corrected chi connectivity index (χ4v) is 2.19. The molecule has 1 aromatic rings. The average molecular weight is 189 g/mol. The summed E-state index contributed by atoms with van der Waals surface area (Å²) < 4.78 is 0. The minimum Gasteiger partial charge on any atom is -0.300 e. The van der Waals surface area contributed by atoms with Crippen LogP contribution in [0, 0.1) is 6.92 Å². The van der Waals surface area contributed by atoms with Crippen LogP contribution in [0.1, 0.15) is 42.7 Å². The summed E-state index contributed by atoms with van der Waals surface area (Å²) in [4.78, 5) is 15.5. The van der Waals surface area contributed by atoms with E-state index in [2.05, 4.69) is 11.9 Å². The Morgan fingerprint density at radius 3 is 3.07 bits per heavy atom. The standard InChI is InChI=1S/C12H15NO/c1-9-5-6-13-8-12(9)10-3-2-4-11(14)7-10/h5-6,8,10H,2-4,7H2,1H3. The molecule has 1 unspecified atom stereocenters. The van der Waals surface area contributed by atoms with Crippen LogP contribution in [0.15, 0.2) is 18.5 Å². The van der Waals surface area contributed by atoms with Crippen molar-refractivity contribution in [3.05, 3.63) is 29.6 Å².